The highest BCUT2D eigenvalue weighted by molar-refractivity contribution is 6.01. The van der Waals surface area contributed by atoms with Crippen LogP contribution in [0.1, 0.15) is 65.7 Å². The van der Waals surface area contributed by atoms with Gasteiger partial charge in [0.25, 0.3) is 0 Å². The number of aliphatic imine (C=N–C) groups is 1. The summed E-state index contributed by atoms with van der Waals surface area (Å²) >= 11 is 0. The van der Waals surface area contributed by atoms with Crippen molar-refractivity contribution in [1.29, 1.82) is 0 Å². The van der Waals surface area contributed by atoms with E-state index in [4.69, 9.17) is 28.4 Å². The van der Waals surface area contributed by atoms with Gasteiger partial charge in [-0.1, -0.05) is 18.2 Å². The number of carbonyl (C=O) groups is 3. The fourth-order valence-electron chi connectivity index (χ4n) is 3.72. The number of hydrogen-bond acceptors (Lipinski definition) is 10. The molecule has 2 aliphatic heterocycles. The lowest BCUT2D eigenvalue weighted by Crippen LogP contribution is -2.47. The molecule has 2 saturated heterocycles. The minimum absolute atomic E-state index is 0.0824. The van der Waals surface area contributed by atoms with Gasteiger partial charge in [0.1, 0.15) is 23.4 Å². The van der Waals surface area contributed by atoms with Crippen LogP contribution in [0.15, 0.2) is 35.3 Å². The van der Waals surface area contributed by atoms with Gasteiger partial charge in [-0.25, -0.2) is 19.4 Å². The van der Waals surface area contributed by atoms with Crippen molar-refractivity contribution in [3.05, 3.63) is 35.9 Å². The third kappa shape index (κ3) is 8.67. The Morgan fingerprint density at radius 1 is 0.895 bits per heavy atom. The second kappa shape index (κ2) is 11.3. The summed E-state index contributed by atoms with van der Waals surface area (Å²) in [5.74, 6) is -1.74. The van der Waals surface area contributed by atoms with Gasteiger partial charge in [-0.15, -0.1) is 0 Å². The quantitative estimate of drug-likeness (QED) is 0.256. The van der Waals surface area contributed by atoms with Gasteiger partial charge < -0.3 is 28.4 Å². The summed E-state index contributed by atoms with van der Waals surface area (Å²) in [5, 5.41) is 4.84. The van der Waals surface area contributed by atoms with E-state index in [-0.39, 0.29) is 12.5 Å². The molecule has 4 atom stereocenters. The number of amides is 2. The van der Waals surface area contributed by atoms with E-state index in [1.807, 2.05) is 0 Å². The van der Waals surface area contributed by atoms with Crippen LogP contribution in [0.2, 0.25) is 0 Å². The summed E-state index contributed by atoms with van der Waals surface area (Å²) in [5.41, 5.74) is -1.20. The fraction of sp³-hybridized carbons (Fsp3) is 0.615. The second-order valence-corrected chi connectivity index (χ2v) is 11.3. The first-order chi connectivity index (χ1) is 17.5. The highest BCUT2D eigenvalue weighted by Crippen LogP contribution is 2.39. The molecule has 0 spiro atoms. The van der Waals surface area contributed by atoms with Crippen LogP contribution in [0.5, 0.6) is 0 Å². The maximum Gasteiger partial charge on any atom is 0.414 e. The summed E-state index contributed by atoms with van der Waals surface area (Å²) in [6, 6.07) is 8.49. The minimum Gasteiger partial charge on any atom is -0.444 e. The van der Waals surface area contributed by atoms with Gasteiger partial charge in [-0.2, -0.15) is 0 Å². The second-order valence-electron chi connectivity index (χ2n) is 11.3. The van der Waals surface area contributed by atoms with Crippen LogP contribution in [0.3, 0.4) is 0 Å². The molecule has 0 radical (unpaired) electrons. The normalized spacial score (nSPS) is 24.1. The molecular formula is C26H37N3O9. The lowest BCUT2D eigenvalue weighted by Gasteiger charge is -2.24. The number of fused-ring (bicyclic) bond motifs is 1. The van der Waals surface area contributed by atoms with Crippen molar-refractivity contribution in [2.45, 2.75) is 97.0 Å². The average Bonchev–Trinajstić information content (AvgIpc) is 3.23. The van der Waals surface area contributed by atoms with Gasteiger partial charge in [-0.3, -0.25) is 10.6 Å². The van der Waals surface area contributed by atoms with Gasteiger partial charge in [0.05, 0.1) is 12.1 Å². The zero-order valence-corrected chi connectivity index (χ0v) is 23.0. The van der Waals surface area contributed by atoms with Crippen LogP contribution in [0.25, 0.3) is 0 Å². The molecule has 0 saturated carbocycles. The first-order valence-corrected chi connectivity index (χ1v) is 12.3. The lowest BCUT2D eigenvalue weighted by atomic mass is 10.1. The molecule has 2 aliphatic rings. The van der Waals surface area contributed by atoms with Gasteiger partial charge in [-0.05, 0) is 67.5 Å². The Morgan fingerprint density at radius 3 is 1.95 bits per heavy atom. The molecule has 12 heteroatoms. The molecule has 38 heavy (non-hydrogen) atoms. The highest BCUT2D eigenvalue weighted by Gasteiger charge is 2.56. The van der Waals surface area contributed by atoms with Crippen LogP contribution in [0.4, 0.5) is 9.59 Å². The number of nitrogens with zero attached hydrogens (tertiary/aromatic N) is 1. The molecule has 0 aromatic heterocycles. The van der Waals surface area contributed by atoms with Crippen LogP contribution in [0, 0.1) is 0 Å². The standard InChI is InChI=1S/C26H37N3O9/c1-24(2,3)37-22(31)28-21(29-23(32)38-25(4,5)6)27-14-16-17-18(36-26(7,8)35-17)20(33-16)34-19(30)15-12-10-9-11-13-15/h9-13,16-18,20H,14H2,1-8H3,(H2,27,28,29,31,32)/t16-,17+,18+,20-/m1/s1. The minimum atomic E-state index is -1.06. The monoisotopic (exact) mass is 535 g/mol. The molecule has 2 N–H and O–H groups in total. The summed E-state index contributed by atoms with van der Waals surface area (Å²) < 4.78 is 34.0. The number of ether oxygens (including phenoxy) is 6. The SMILES string of the molecule is CC(C)(C)OC(=O)NC(=NC[C@H]1O[C@H](OC(=O)c2ccccc2)[C@H]2OC(C)(C)O[C@H]21)NC(=O)OC(C)(C)C. The van der Waals surface area contributed by atoms with Crippen LogP contribution >= 0.6 is 0 Å². The molecule has 1 aromatic rings. The summed E-state index contributed by atoms with van der Waals surface area (Å²) in [7, 11) is 0. The molecule has 1 aromatic carbocycles. The van der Waals surface area contributed by atoms with E-state index in [0.717, 1.165) is 0 Å². The molecule has 0 bridgehead atoms. The number of hydrogen-bond donors (Lipinski definition) is 2. The molecule has 0 aliphatic carbocycles. The first-order valence-electron chi connectivity index (χ1n) is 12.3. The van der Waals surface area contributed by atoms with Gasteiger partial charge >= 0.3 is 18.2 Å². The van der Waals surface area contributed by atoms with Crippen molar-refractivity contribution in [3.63, 3.8) is 0 Å². The Morgan fingerprint density at radius 2 is 1.42 bits per heavy atom. The molecule has 2 fully saturated rings. The Labute approximate surface area is 222 Å². The van der Waals surface area contributed by atoms with E-state index in [2.05, 4.69) is 15.6 Å². The number of esters is 1. The Balaban J connectivity index is 1.76. The van der Waals surface area contributed by atoms with E-state index >= 15 is 0 Å². The molecule has 2 heterocycles. The van der Waals surface area contributed by atoms with Crippen molar-refractivity contribution in [2.75, 3.05) is 6.54 Å². The molecule has 3 rings (SSSR count). The predicted molar refractivity (Wildman–Crippen MR) is 135 cm³/mol. The summed E-state index contributed by atoms with van der Waals surface area (Å²) in [6.45, 7) is 13.6. The number of rotatable bonds is 4. The number of nitrogens with one attached hydrogen (secondary N) is 2. The molecule has 0 unspecified atom stereocenters. The number of carbonyl (C=O) groups excluding carboxylic acids is 3. The van der Waals surface area contributed by atoms with E-state index in [9.17, 15) is 14.4 Å². The van der Waals surface area contributed by atoms with Crippen molar-refractivity contribution in [1.82, 2.24) is 10.6 Å². The average molecular weight is 536 g/mol. The maximum absolute atomic E-state index is 12.6. The smallest absolute Gasteiger partial charge is 0.414 e. The lowest BCUT2D eigenvalue weighted by molar-refractivity contribution is -0.218. The van der Waals surface area contributed by atoms with Gasteiger partial charge in [0.2, 0.25) is 12.2 Å². The Kier molecular flexibility index (Phi) is 8.69. The van der Waals surface area contributed by atoms with Crippen LogP contribution in [-0.2, 0) is 28.4 Å². The molecule has 2 amide bonds. The van der Waals surface area contributed by atoms with Crippen molar-refractivity contribution >= 4 is 24.1 Å². The molecule has 210 valence electrons. The largest absolute Gasteiger partial charge is 0.444 e. The summed E-state index contributed by atoms with van der Waals surface area (Å²) in [6.07, 6.45) is -4.78. The molecular weight excluding hydrogens is 498 g/mol. The number of alkyl carbamates (subject to hydrolysis) is 2. The van der Waals surface area contributed by atoms with Crippen molar-refractivity contribution in [2.24, 2.45) is 4.99 Å². The predicted octanol–water partition coefficient (Wildman–Crippen LogP) is 3.49. The van der Waals surface area contributed by atoms with Crippen molar-refractivity contribution in [3.8, 4) is 0 Å². The third-order valence-corrected chi connectivity index (χ3v) is 5.01. The van der Waals surface area contributed by atoms with Crippen LogP contribution in [-0.4, -0.2) is 72.3 Å². The summed E-state index contributed by atoms with van der Waals surface area (Å²) in [4.78, 5) is 41.7. The van der Waals surface area contributed by atoms with Crippen LogP contribution < -0.4 is 10.6 Å². The fourth-order valence-corrected chi connectivity index (χ4v) is 3.72. The van der Waals surface area contributed by atoms with E-state index in [0.29, 0.717) is 5.56 Å². The Bertz CT molecular complexity index is 1010. The number of benzene rings is 1. The maximum atomic E-state index is 12.6. The first kappa shape index (κ1) is 29.3. The van der Waals surface area contributed by atoms with Gasteiger partial charge in [0.15, 0.2) is 11.9 Å². The highest BCUT2D eigenvalue weighted by atomic mass is 16.8. The van der Waals surface area contributed by atoms with E-state index in [1.165, 1.54) is 0 Å². The van der Waals surface area contributed by atoms with Gasteiger partial charge in [0, 0.05) is 0 Å². The molecule has 12 nitrogen and oxygen atoms in total. The van der Waals surface area contributed by atoms with Crippen molar-refractivity contribution < 1.29 is 42.8 Å². The Hall–Kier alpha value is -3.22. The zero-order valence-electron chi connectivity index (χ0n) is 23.0. The topological polar surface area (TPSA) is 143 Å². The third-order valence-electron chi connectivity index (χ3n) is 5.01. The zero-order chi connectivity index (χ0) is 28.3. The van der Waals surface area contributed by atoms with E-state index < -0.39 is 59.7 Å². The van der Waals surface area contributed by atoms with E-state index in [1.54, 1.807) is 85.7 Å². The number of guanidine groups is 1.